The summed E-state index contributed by atoms with van der Waals surface area (Å²) in [6.07, 6.45) is 0.985. The summed E-state index contributed by atoms with van der Waals surface area (Å²) in [4.78, 5) is 30.1. The zero-order valence-electron chi connectivity index (χ0n) is 16.4. The summed E-state index contributed by atoms with van der Waals surface area (Å²) in [6, 6.07) is 22.0. The number of thiophene rings is 1. The maximum atomic E-state index is 13.6. The molecule has 148 valence electrons. The van der Waals surface area contributed by atoms with E-state index in [1.54, 1.807) is 11.3 Å². The molecule has 1 aromatic heterocycles. The Morgan fingerprint density at radius 3 is 2.59 bits per heavy atom. The van der Waals surface area contributed by atoms with Crippen molar-refractivity contribution < 1.29 is 9.59 Å². The van der Waals surface area contributed by atoms with Crippen molar-refractivity contribution in [2.24, 2.45) is 0 Å². The van der Waals surface area contributed by atoms with Crippen molar-refractivity contribution in [1.82, 2.24) is 4.90 Å². The monoisotopic (exact) mass is 404 g/mol. The molecular weight excluding hydrogens is 380 g/mol. The number of nitrogens with zero attached hydrogens (tertiary/aromatic N) is 1. The van der Waals surface area contributed by atoms with Crippen LogP contribution in [0, 0.1) is 6.92 Å². The first-order valence-electron chi connectivity index (χ1n) is 9.87. The van der Waals surface area contributed by atoms with Crippen LogP contribution in [0.25, 0.3) is 0 Å². The number of hydrogen-bond donors (Lipinski definition) is 1. The molecule has 0 spiro atoms. The van der Waals surface area contributed by atoms with Crippen LogP contribution < -0.4 is 5.32 Å². The van der Waals surface area contributed by atoms with Crippen LogP contribution in [0.15, 0.2) is 66.7 Å². The number of aryl methyl sites for hydroxylation is 1. The Kier molecular flexibility index (Phi) is 5.76. The molecular formula is C24H24N2O2S. The second-order valence-corrected chi connectivity index (χ2v) is 8.77. The molecule has 2 amide bonds. The summed E-state index contributed by atoms with van der Waals surface area (Å²) in [5.41, 5.74) is 2.86. The van der Waals surface area contributed by atoms with Gasteiger partial charge in [0.05, 0.1) is 12.5 Å². The minimum atomic E-state index is -0.434. The molecule has 1 unspecified atom stereocenters. The fraction of sp³-hybridized carbons (Fsp3) is 0.250. The van der Waals surface area contributed by atoms with Gasteiger partial charge in [-0.3, -0.25) is 9.59 Å². The van der Waals surface area contributed by atoms with Gasteiger partial charge in [-0.25, -0.2) is 0 Å². The number of para-hydroxylation sites is 1. The van der Waals surface area contributed by atoms with E-state index >= 15 is 0 Å². The van der Waals surface area contributed by atoms with Gasteiger partial charge in [-0.15, -0.1) is 11.3 Å². The van der Waals surface area contributed by atoms with Crippen molar-refractivity contribution in [1.29, 1.82) is 0 Å². The van der Waals surface area contributed by atoms with Crippen molar-refractivity contribution in [3.63, 3.8) is 0 Å². The van der Waals surface area contributed by atoms with Gasteiger partial charge in [0.2, 0.25) is 11.8 Å². The lowest BCUT2D eigenvalue weighted by atomic mass is 9.89. The number of amides is 2. The first-order chi connectivity index (χ1) is 14.1. The van der Waals surface area contributed by atoms with Crippen molar-refractivity contribution in [2.45, 2.75) is 32.2 Å². The summed E-state index contributed by atoms with van der Waals surface area (Å²) < 4.78 is 0. The highest BCUT2D eigenvalue weighted by molar-refractivity contribution is 7.11. The van der Waals surface area contributed by atoms with Crippen molar-refractivity contribution in [2.75, 3.05) is 11.9 Å². The van der Waals surface area contributed by atoms with Crippen LogP contribution in [0.3, 0.4) is 0 Å². The van der Waals surface area contributed by atoms with E-state index in [1.807, 2.05) is 47.4 Å². The molecule has 0 saturated heterocycles. The summed E-state index contributed by atoms with van der Waals surface area (Å²) in [5.74, 6) is -0.511. The number of anilines is 1. The third kappa shape index (κ3) is 4.57. The number of fused-ring (bicyclic) bond motifs is 1. The molecule has 29 heavy (non-hydrogen) atoms. The molecule has 2 aromatic carbocycles. The second-order valence-electron chi connectivity index (χ2n) is 7.40. The third-order valence-corrected chi connectivity index (χ3v) is 6.25. The van der Waals surface area contributed by atoms with Crippen LogP contribution in [0.1, 0.15) is 33.2 Å². The summed E-state index contributed by atoms with van der Waals surface area (Å²) in [6.45, 7) is 3.27. The zero-order chi connectivity index (χ0) is 20.2. The average Bonchev–Trinajstić information content (AvgIpc) is 3.15. The highest BCUT2D eigenvalue weighted by Crippen LogP contribution is 2.34. The Balaban J connectivity index is 1.59. The van der Waals surface area contributed by atoms with Crippen LogP contribution in [0.2, 0.25) is 0 Å². The molecule has 0 saturated carbocycles. The lowest BCUT2D eigenvalue weighted by Crippen LogP contribution is -2.39. The quantitative estimate of drug-likeness (QED) is 0.644. The Morgan fingerprint density at radius 1 is 1.07 bits per heavy atom. The molecule has 0 fully saturated rings. The van der Waals surface area contributed by atoms with Crippen LogP contribution in [-0.2, 0) is 22.6 Å². The van der Waals surface area contributed by atoms with E-state index in [1.165, 1.54) is 10.4 Å². The van der Waals surface area contributed by atoms with E-state index in [-0.39, 0.29) is 18.2 Å². The Labute approximate surface area is 175 Å². The van der Waals surface area contributed by atoms with Gasteiger partial charge in [0.25, 0.3) is 0 Å². The number of nitrogens with one attached hydrogen (secondary N) is 1. The first-order valence-corrected chi connectivity index (χ1v) is 10.7. The molecule has 1 N–H and O–H groups in total. The number of benzene rings is 2. The highest BCUT2D eigenvalue weighted by Gasteiger charge is 2.33. The topological polar surface area (TPSA) is 49.4 Å². The van der Waals surface area contributed by atoms with Crippen LogP contribution in [-0.4, -0.2) is 23.3 Å². The molecule has 1 aliphatic rings. The molecule has 0 aliphatic carbocycles. The Bertz CT molecular complexity index is 1010. The maximum Gasteiger partial charge on any atom is 0.231 e. The van der Waals surface area contributed by atoms with Crippen LogP contribution in [0.4, 0.5) is 5.69 Å². The Hall–Kier alpha value is -2.92. The number of rotatable bonds is 6. The summed E-state index contributed by atoms with van der Waals surface area (Å²) in [7, 11) is 0. The van der Waals surface area contributed by atoms with Crippen LogP contribution >= 0.6 is 11.3 Å². The maximum absolute atomic E-state index is 13.6. The van der Waals surface area contributed by atoms with Gasteiger partial charge in [0.1, 0.15) is 0 Å². The normalized spacial score (nSPS) is 15.5. The summed E-state index contributed by atoms with van der Waals surface area (Å²) >= 11 is 1.71. The minimum Gasteiger partial charge on any atom is -0.337 e. The van der Waals surface area contributed by atoms with E-state index in [9.17, 15) is 9.59 Å². The van der Waals surface area contributed by atoms with Gasteiger partial charge >= 0.3 is 0 Å². The number of carbonyl (C=O) groups excluding carboxylic acids is 2. The SMILES string of the molecule is Cc1ccc(CN(CCc2ccccc2)C(=O)C2CC(=O)Nc3ccccc32)s1. The van der Waals surface area contributed by atoms with Crippen LogP contribution in [0.5, 0.6) is 0 Å². The number of carbonyl (C=O) groups is 2. The lowest BCUT2D eigenvalue weighted by Gasteiger charge is -2.30. The predicted molar refractivity (Wildman–Crippen MR) is 117 cm³/mol. The van der Waals surface area contributed by atoms with Gasteiger partial charge in [0, 0.05) is 28.4 Å². The standard InChI is InChI=1S/C24H24N2O2S/c1-17-11-12-19(29-17)16-26(14-13-18-7-3-2-4-8-18)24(28)21-15-23(27)25-22-10-6-5-9-20(21)22/h2-12,21H,13-16H2,1H3,(H,25,27). The molecule has 1 aliphatic heterocycles. The average molecular weight is 405 g/mol. The van der Waals surface area contributed by atoms with E-state index < -0.39 is 5.92 Å². The molecule has 2 heterocycles. The largest absolute Gasteiger partial charge is 0.337 e. The molecule has 1 atom stereocenters. The predicted octanol–water partition coefficient (Wildman–Crippen LogP) is 4.75. The van der Waals surface area contributed by atoms with Crippen molar-refractivity contribution in [3.05, 3.63) is 87.6 Å². The zero-order valence-corrected chi connectivity index (χ0v) is 17.2. The third-order valence-electron chi connectivity index (χ3n) is 5.27. The van der Waals surface area contributed by atoms with Gasteiger partial charge in [-0.1, -0.05) is 48.5 Å². The van der Waals surface area contributed by atoms with Gasteiger partial charge in [-0.05, 0) is 42.7 Å². The molecule has 0 radical (unpaired) electrons. The first kappa shape index (κ1) is 19.4. The van der Waals surface area contributed by atoms with Gasteiger partial charge in [0.15, 0.2) is 0 Å². The van der Waals surface area contributed by atoms with Gasteiger partial charge < -0.3 is 10.2 Å². The molecule has 4 nitrogen and oxygen atoms in total. The van der Waals surface area contributed by atoms with E-state index in [0.29, 0.717) is 13.1 Å². The molecule has 5 heteroatoms. The number of hydrogen-bond acceptors (Lipinski definition) is 3. The minimum absolute atomic E-state index is 0.0225. The van der Waals surface area contributed by atoms with Gasteiger partial charge in [-0.2, -0.15) is 0 Å². The van der Waals surface area contributed by atoms with E-state index in [0.717, 1.165) is 22.5 Å². The fourth-order valence-electron chi connectivity index (χ4n) is 3.79. The molecule has 3 aromatic rings. The van der Waals surface area contributed by atoms with Crippen molar-refractivity contribution in [3.8, 4) is 0 Å². The lowest BCUT2D eigenvalue weighted by molar-refractivity contribution is -0.135. The molecule has 4 rings (SSSR count). The van der Waals surface area contributed by atoms with E-state index in [2.05, 4.69) is 36.5 Å². The Morgan fingerprint density at radius 2 is 1.83 bits per heavy atom. The highest BCUT2D eigenvalue weighted by atomic mass is 32.1. The fourth-order valence-corrected chi connectivity index (χ4v) is 4.69. The summed E-state index contributed by atoms with van der Waals surface area (Å²) in [5, 5.41) is 2.89. The smallest absolute Gasteiger partial charge is 0.231 e. The molecule has 0 bridgehead atoms. The van der Waals surface area contributed by atoms with E-state index in [4.69, 9.17) is 0 Å². The van der Waals surface area contributed by atoms with Crippen molar-refractivity contribution >= 4 is 28.8 Å². The second kappa shape index (κ2) is 8.62.